The largest absolute Gasteiger partial charge is 0.374 e. The Balaban J connectivity index is 0.00000312. The van der Waals surface area contributed by atoms with Gasteiger partial charge in [-0.05, 0) is 12.8 Å². The van der Waals surface area contributed by atoms with Crippen molar-refractivity contribution < 1.29 is 4.74 Å². The van der Waals surface area contributed by atoms with Gasteiger partial charge in [0, 0.05) is 57.3 Å². The number of halogens is 1. The molecule has 6 nitrogen and oxygen atoms in total. The topological polar surface area (TPSA) is 61.8 Å². The van der Waals surface area contributed by atoms with Gasteiger partial charge in [0.15, 0.2) is 5.96 Å². The molecule has 2 N–H and O–H groups in total. The summed E-state index contributed by atoms with van der Waals surface area (Å²) >= 11 is 1.75. The second-order valence-corrected chi connectivity index (χ2v) is 7.96. The van der Waals surface area contributed by atoms with E-state index in [1.54, 1.807) is 18.4 Å². The molecule has 1 aliphatic rings. The van der Waals surface area contributed by atoms with Crippen LogP contribution in [0.25, 0.3) is 0 Å². The van der Waals surface area contributed by atoms with Crippen LogP contribution in [-0.2, 0) is 11.2 Å². The van der Waals surface area contributed by atoms with Gasteiger partial charge in [0.1, 0.15) is 0 Å². The number of nitrogens with one attached hydrogen (secondary N) is 2. The van der Waals surface area contributed by atoms with Crippen molar-refractivity contribution in [3.05, 3.63) is 16.1 Å². The van der Waals surface area contributed by atoms with Gasteiger partial charge in [0.2, 0.25) is 0 Å². The van der Waals surface area contributed by atoms with Crippen LogP contribution in [0.15, 0.2) is 11.2 Å². The first-order valence-electron chi connectivity index (χ1n) is 8.76. The molecule has 2 rings (SSSR count). The maximum absolute atomic E-state index is 5.87. The molecule has 1 atom stereocenters. The summed E-state index contributed by atoms with van der Waals surface area (Å²) in [5.41, 5.74) is 0. The average Bonchev–Trinajstić information content (AvgIpc) is 2.96. The lowest BCUT2D eigenvalue weighted by atomic mass is 10.2. The molecule has 8 heteroatoms. The third kappa shape index (κ3) is 8.65. The highest BCUT2D eigenvalue weighted by Gasteiger charge is 2.21. The molecule has 1 aliphatic heterocycles. The van der Waals surface area contributed by atoms with Crippen molar-refractivity contribution in [2.75, 3.05) is 46.4 Å². The van der Waals surface area contributed by atoms with E-state index in [0.717, 1.165) is 56.7 Å². The second kappa shape index (κ2) is 12.0. The molecule has 0 radical (unpaired) electrons. The zero-order valence-electron chi connectivity index (χ0n) is 15.7. The molecule has 1 unspecified atom stereocenters. The Kier molecular flexibility index (Phi) is 10.9. The van der Waals surface area contributed by atoms with Crippen LogP contribution in [0, 0.1) is 12.8 Å². The van der Waals surface area contributed by atoms with Crippen LogP contribution in [0.2, 0.25) is 0 Å². The first kappa shape index (κ1) is 22.6. The molecule has 25 heavy (non-hydrogen) atoms. The summed E-state index contributed by atoms with van der Waals surface area (Å²) < 4.78 is 5.87. The van der Waals surface area contributed by atoms with Gasteiger partial charge < -0.3 is 15.4 Å². The van der Waals surface area contributed by atoms with Crippen molar-refractivity contribution >= 4 is 41.3 Å². The minimum Gasteiger partial charge on any atom is -0.374 e. The predicted molar refractivity (Wildman–Crippen MR) is 116 cm³/mol. The number of hydrogen-bond donors (Lipinski definition) is 2. The fourth-order valence-corrected chi connectivity index (χ4v) is 3.61. The van der Waals surface area contributed by atoms with E-state index >= 15 is 0 Å². The van der Waals surface area contributed by atoms with E-state index in [0.29, 0.717) is 5.92 Å². The van der Waals surface area contributed by atoms with Crippen molar-refractivity contribution in [1.82, 2.24) is 20.5 Å². The van der Waals surface area contributed by atoms with Gasteiger partial charge in [-0.1, -0.05) is 13.8 Å². The number of aryl methyl sites for hydroxylation is 1. The number of aromatic nitrogens is 1. The monoisotopic (exact) mass is 481 g/mol. The lowest BCUT2D eigenvalue weighted by Crippen LogP contribution is -2.50. The molecule has 1 saturated heterocycles. The first-order chi connectivity index (χ1) is 11.6. The third-order valence-corrected chi connectivity index (χ3v) is 4.84. The summed E-state index contributed by atoms with van der Waals surface area (Å²) in [5, 5.41) is 7.88. The number of hydrogen-bond acceptors (Lipinski definition) is 5. The SMILES string of the molecule is CN=C(NCCc1ncc(C)s1)NCC1CN(CC(C)C)CCO1.I. The molecule has 0 bridgehead atoms. The second-order valence-electron chi connectivity index (χ2n) is 6.64. The Bertz CT molecular complexity index is 523. The summed E-state index contributed by atoms with van der Waals surface area (Å²) in [6, 6.07) is 0. The van der Waals surface area contributed by atoms with Crippen LogP contribution in [0.4, 0.5) is 0 Å². The molecular formula is C17H32IN5OS. The van der Waals surface area contributed by atoms with E-state index in [4.69, 9.17) is 4.74 Å². The molecule has 1 aromatic rings. The maximum Gasteiger partial charge on any atom is 0.191 e. The third-order valence-electron chi connectivity index (χ3n) is 3.87. The highest BCUT2D eigenvalue weighted by molar-refractivity contribution is 14.0. The van der Waals surface area contributed by atoms with E-state index in [1.807, 2.05) is 6.20 Å². The molecule has 0 aliphatic carbocycles. The zero-order chi connectivity index (χ0) is 17.4. The maximum atomic E-state index is 5.87. The van der Waals surface area contributed by atoms with Crippen LogP contribution < -0.4 is 10.6 Å². The van der Waals surface area contributed by atoms with Gasteiger partial charge in [-0.2, -0.15) is 0 Å². The van der Waals surface area contributed by atoms with Crippen molar-refractivity contribution in [3.8, 4) is 0 Å². The van der Waals surface area contributed by atoms with Crippen molar-refractivity contribution in [2.45, 2.75) is 33.3 Å². The molecule has 0 saturated carbocycles. The lowest BCUT2D eigenvalue weighted by molar-refractivity contribution is -0.0284. The summed E-state index contributed by atoms with van der Waals surface area (Å²) in [5.74, 6) is 1.52. The highest BCUT2D eigenvalue weighted by Crippen LogP contribution is 2.11. The van der Waals surface area contributed by atoms with E-state index in [9.17, 15) is 0 Å². The summed E-state index contributed by atoms with van der Waals surface area (Å²) in [6.45, 7) is 12.2. The molecule has 1 fully saturated rings. The summed E-state index contributed by atoms with van der Waals surface area (Å²) in [7, 11) is 1.80. The Hall–Kier alpha value is -0.450. The number of aliphatic imine (C=N–C) groups is 1. The van der Waals surface area contributed by atoms with Crippen LogP contribution in [0.5, 0.6) is 0 Å². The van der Waals surface area contributed by atoms with Gasteiger partial charge >= 0.3 is 0 Å². The molecule has 144 valence electrons. The van der Waals surface area contributed by atoms with Crippen LogP contribution in [0.1, 0.15) is 23.7 Å². The first-order valence-corrected chi connectivity index (χ1v) is 9.58. The molecular weight excluding hydrogens is 449 g/mol. The Morgan fingerprint density at radius 2 is 2.28 bits per heavy atom. The van der Waals surface area contributed by atoms with Crippen LogP contribution in [0.3, 0.4) is 0 Å². The summed E-state index contributed by atoms with van der Waals surface area (Å²) in [6.07, 6.45) is 3.06. The minimum atomic E-state index is 0. The molecule has 0 aromatic carbocycles. The van der Waals surface area contributed by atoms with E-state index in [1.165, 1.54) is 4.88 Å². The normalized spacial score (nSPS) is 18.9. The standard InChI is InChI=1S/C17H31N5OS.HI/c1-13(2)11-22-7-8-23-15(12-22)10-21-17(18-4)19-6-5-16-20-9-14(3)24-16;/h9,13,15H,5-8,10-12H2,1-4H3,(H2,18,19,21);1H. The number of nitrogens with zero attached hydrogens (tertiary/aromatic N) is 3. The molecule has 2 heterocycles. The minimum absolute atomic E-state index is 0. The van der Waals surface area contributed by atoms with Gasteiger partial charge in [-0.3, -0.25) is 9.89 Å². The Morgan fingerprint density at radius 3 is 2.92 bits per heavy atom. The number of guanidine groups is 1. The number of rotatable bonds is 7. The Labute approximate surface area is 172 Å². The van der Waals surface area contributed by atoms with E-state index in [2.05, 4.69) is 46.3 Å². The molecule has 0 spiro atoms. The number of ether oxygens (including phenoxy) is 1. The van der Waals surface area contributed by atoms with Crippen molar-refractivity contribution in [3.63, 3.8) is 0 Å². The number of morpholine rings is 1. The quantitative estimate of drug-likeness (QED) is 0.355. The Morgan fingerprint density at radius 1 is 1.48 bits per heavy atom. The smallest absolute Gasteiger partial charge is 0.191 e. The van der Waals surface area contributed by atoms with Gasteiger partial charge in [-0.15, -0.1) is 35.3 Å². The zero-order valence-corrected chi connectivity index (χ0v) is 18.9. The van der Waals surface area contributed by atoms with Crippen LogP contribution >= 0.6 is 35.3 Å². The molecule has 0 amide bonds. The van der Waals surface area contributed by atoms with E-state index in [-0.39, 0.29) is 30.1 Å². The number of thiazole rings is 1. The van der Waals surface area contributed by atoms with Gasteiger partial charge in [0.25, 0.3) is 0 Å². The van der Waals surface area contributed by atoms with Crippen molar-refractivity contribution in [2.24, 2.45) is 10.9 Å². The van der Waals surface area contributed by atoms with E-state index < -0.39 is 0 Å². The predicted octanol–water partition coefficient (Wildman–Crippen LogP) is 2.13. The lowest BCUT2D eigenvalue weighted by Gasteiger charge is -2.34. The highest BCUT2D eigenvalue weighted by atomic mass is 127. The molecule has 1 aromatic heterocycles. The van der Waals surface area contributed by atoms with Crippen LogP contribution in [-0.4, -0.2) is 68.3 Å². The van der Waals surface area contributed by atoms with Gasteiger partial charge in [-0.25, -0.2) is 4.98 Å². The fraction of sp³-hybridized carbons (Fsp3) is 0.765. The van der Waals surface area contributed by atoms with Gasteiger partial charge in [0.05, 0.1) is 17.7 Å². The summed E-state index contributed by atoms with van der Waals surface area (Å²) in [4.78, 5) is 12.4. The average molecular weight is 481 g/mol. The fourth-order valence-electron chi connectivity index (χ4n) is 2.82. The van der Waals surface area contributed by atoms with Crippen molar-refractivity contribution in [1.29, 1.82) is 0 Å².